The molecule has 0 bridgehead atoms. The zero-order valence-electron chi connectivity index (χ0n) is 15.4. The van der Waals surface area contributed by atoms with Crippen LogP contribution in [-0.4, -0.2) is 24.8 Å². The van der Waals surface area contributed by atoms with Crippen molar-refractivity contribution in [2.75, 3.05) is 13.7 Å². The number of aryl methyl sites for hydroxylation is 2. The molecule has 2 aromatic carbocycles. The Morgan fingerprint density at radius 2 is 1.89 bits per heavy atom. The molecule has 0 saturated carbocycles. The van der Waals surface area contributed by atoms with Gasteiger partial charge in [-0.2, -0.15) is 0 Å². The monoisotopic (exact) mass is 368 g/mol. The van der Waals surface area contributed by atoms with Crippen LogP contribution in [0.1, 0.15) is 22.3 Å². The van der Waals surface area contributed by atoms with Crippen LogP contribution >= 0.6 is 0 Å². The van der Waals surface area contributed by atoms with Gasteiger partial charge in [-0.1, -0.05) is 18.2 Å². The van der Waals surface area contributed by atoms with E-state index < -0.39 is 18.2 Å². The zero-order chi connectivity index (χ0) is 19.6. The third-order valence-electron chi connectivity index (χ3n) is 4.40. The Morgan fingerprint density at radius 1 is 1.15 bits per heavy atom. The molecule has 0 aliphatic heterocycles. The Labute approximate surface area is 156 Å². The van der Waals surface area contributed by atoms with Crippen molar-refractivity contribution in [1.29, 1.82) is 0 Å². The molecule has 1 heterocycles. The van der Waals surface area contributed by atoms with Crippen molar-refractivity contribution in [3.8, 4) is 11.5 Å². The molecule has 3 rings (SSSR count). The first-order chi connectivity index (χ1) is 12.9. The third kappa shape index (κ3) is 3.79. The lowest BCUT2D eigenvalue weighted by molar-refractivity contribution is -0.139. The highest BCUT2D eigenvalue weighted by Crippen LogP contribution is 2.32. The largest absolute Gasteiger partial charge is 0.496 e. The number of aliphatic carboxylic acids is 1. The quantitative estimate of drug-likeness (QED) is 0.671. The summed E-state index contributed by atoms with van der Waals surface area (Å²) in [5.41, 5.74) is 2.80. The van der Waals surface area contributed by atoms with E-state index in [4.69, 9.17) is 19.0 Å². The first-order valence-corrected chi connectivity index (χ1v) is 8.44. The van der Waals surface area contributed by atoms with E-state index in [0.29, 0.717) is 40.0 Å². The van der Waals surface area contributed by atoms with Gasteiger partial charge in [0.15, 0.2) is 6.61 Å². The number of fused-ring (bicyclic) bond motifs is 1. The maximum absolute atomic E-state index is 12.6. The molecule has 0 spiro atoms. The van der Waals surface area contributed by atoms with Crippen LogP contribution in [0.3, 0.4) is 0 Å². The van der Waals surface area contributed by atoms with Gasteiger partial charge in [0, 0.05) is 12.0 Å². The van der Waals surface area contributed by atoms with Gasteiger partial charge in [0.1, 0.15) is 17.1 Å². The van der Waals surface area contributed by atoms with Crippen molar-refractivity contribution in [3.63, 3.8) is 0 Å². The number of hydrogen-bond donors (Lipinski definition) is 1. The minimum Gasteiger partial charge on any atom is -0.496 e. The summed E-state index contributed by atoms with van der Waals surface area (Å²) in [6, 6.07) is 10.9. The Kier molecular flexibility index (Phi) is 5.16. The zero-order valence-corrected chi connectivity index (χ0v) is 15.4. The van der Waals surface area contributed by atoms with Gasteiger partial charge in [-0.15, -0.1) is 0 Å². The van der Waals surface area contributed by atoms with Crippen LogP contribution < -0.4 is 15.1 Å². The van der Waals surface area contributed by atoms with Crippen LogP contribution in [0.2, 0.25) is 0 Å². The van der Waals surface area contributed by atoms with E-state index in [9.17, 15) is 9.59 Å². The summed E-state index contributed by atoms with van der Waals surface area (Å²) in [7, 11) is 1.58. The van der Waals surface area contributed by atoms with Gasteiger partial charge in [0.25, 0.3) is 0 Å². The van der Waals surface area contributed by atoms with E-state index in [1.54, 1.807) is 19.2 Å². The Balaban J connectivity index is 2.16. The molecule has 0 radical (unpaired) electrons. The summed E-state index contributed by atoms with van der Waals surface area (Å²) in [6.45, 7) is 3.16. The van der Waals surface area contributed by atoms with Crippen LogP contribution in [0.4, 0.5) is 0 Å². The van der Waals surface area contributed by atoms with Crippen molar-refractivity contribution in [3.05, 3.63) is 69.1 Å². The van der Waals surface area contributed by atoms with Crippen molar-refractivity contribution in [2.24, 2.45) is 0 Å². The van der Waals surface area contributed by atoms with E-state index in [2.05, 4.69) is 0 Å². The number of hydrogen-bond acceptors (Lipinski definition) is 5. The number of carbonyl (C=O) groups is 1. The summed E-state index contributed by atoms with van der Waals surface area (Å²) < 4.78 is 16.3. The van der Waals surface area contributed by atoms with Gasteiger partial charge in [-0.05, 0) is 48.7 Å². The topological polar surface area (TPSA) is 86.0 Å². The number of ether oxygens (including phenoxy) is 2. The lowest BCUT2D eigenvalue weighted by Gasteiger charge is -2.14. The lowest BCUT2D eigenvalue weighted by Crippen LogP contribution is -2.13. The standard InChI is InChI=1S/C21H20O6/c1-12-8-17(26-11-19(22)23)20-13(2)15(21(24)27-18(20)9-12)10-14-6-4-5-7-16(14)25-3/h4-9H,10-11H2,1-3H3,(H,22,23). The predicted molar refractivity (Wildman–Crippen MR) is 101 cm³/mol. The fourth-order valence-corrected chi connectivity index (χ4v) is 3.13. The number of carboxylic acids is 1. The molecule has 3 aromatic rings. The molecular weight excluding hydrogens is 348 g/mol. The number of benzene rings is 2. The maximum Gasteiger partial charge on any atom is 0.341 e. The lowest BCUT2D eigenvalue weighted by atomic mass is 9.98. The van der Waals surface area contributed by atoms with E-state index in [1.807, 2.05) is 38.1 Å². The molecule has 27 heavy (non-hydrogen) atoms. The average molecular weight is 368 g/mol. The SMILES string of the molecule is COc1ccccc1Cc1c(C)c2c(OCC(=O)O)cc(C)cc2oc1=O. The van der Waals surface area contributed by atoms with Gasteiger partial charge in [0.2, 0.25) is 0 Å². The van der Waals surface area contributed by atoms with Gasteiger partial charge < -0.3 is 19.0 Å². The van der Waals surface area contributed by atoms with Crippen LogP contribution in [-0.2, 0) is 11.2 Å². The van der Waals surface area contributed by atoms with Crippen LogP contribution in [0.5, 0.6) is 11.5 Å². The maximum atomic E-state index is 12.6. The molecule has 140 valence electrons. The molecule has 0 aliphatic carbocycles. The molecule has 6 nitrogen and oxygen atoms in total. The molecular formula is C21H20O6. The Hall–Kier alpha value is -3.28. The van der Waals surface area contributed by atoms with Crippen molar-refractivity contribution < 1.29 is 23.8 Å². The second kappa shape index (κ2) is 7.53. The molecule has 0 fully saturated rings. The average Bonchev–Trinajstić information content (AvgIpc) is 2.63. The Morgan fingerprint density at radius 3 is 2.59 bits per heavy atom. The highest BCUT2D eigenvalue weighted by atomic mass is 16.5. The van der Waals surface area contributed by atoms with E-state index >= 15 is 0 Å². The summed E-state index contributed by atoms with van der Waals surface area (Å²) in [5, 5.41) is 9.53. The molecule has 1 N–H and O–H groups in total. The molecule has 1 aromatic heterocycles. The molecule has 0 saturated heterocycles. The van der Waals surface area contributed by atoms with Gasteiger partial charge in [-0.25, -0.2) is 9.59 Å². The van der Waals surface area contributed by atoms with Gasteiger partial charge >= 0.3 is 11.6 Å². The first kappa shape index (κ1) is 18.5. The van der Waals surface area contributed by atoms with E-state index in [-0.39, 0.29) is 0 Å². The highest BCUT2D eigenvalue weighted by molar-refractivity contribution is 5.88. The fraction of sp³-hybridized carbons (Fsp3) is 0.238. The van der Waals surface area contributed by atoms with Gasteiger partial charge in [-0.3, -0.25) is 0 Å². The molecule has 0 amide bonds. The second-order valence-corrected chi connectivity index (χ2v) is 6.30. The van der Waals surface area contributed by atoms with Crippen LogP contribution in [0.25, 0.3) is 11.0 Å². The Bertz CT molecular complexity index is 1060. The third-order valence-corrected chi connectivity index (χ3v) is 4.40. The minimum atomic E-state index is -1.08. The van der Waals surface area contributed by atoms with E-state index in [1.165, 1.54) is 0 Å². The smallest absolute Gasteiger partial charge is 0.341 e. The van der Waals surface area contributed by atoms with Crippen molar-refractivity contribution in [1.82, 2.24) is 0 Å². The molecule has 6 heteroatoms. The minimum absolute atomic E-state index is 0.334. The molecule has 0 unspecified atom stereocenters. The number of rotatable bonds is 6. The van der Waals surface area contributed by atoms with Gasteiger partial charge in [0.05, 0.1) is 12.5 Å². The summed E-state index contributed by atoms with van der Waals surface area (Å²) in [4.78, 5) is 23.5. The summed E-state index contributed by atoms with van der Waals surface area (Å²) in [5.74, 6) is -0.00785. The summed E-state index contributed by atoms with van der Waals surface area (Å²) >= 11 is 0. The predicted octanol–water partition coefficient (Wildman–Crippen LogP) is 3.47. The van der Waals surface area contributed by atoms with Crippen LogP contribution in [0, 0.1) is 13.8 Å². The molecule has 0 atom stereocenters. The highest BCUT2D eigenvalue weighted by Gasteiger charge is 2.18. The van der Waals surface area contributed by atoms with Crippen molar-refractivity contribution >= 4 is 16.9 Å². The number of methoxy groups -OCH3 is 1. The number of carboxylic acid groups (broad SMARTS) is 1. The second-order valence-electron chi connectivity index (χ2n) is 6.30. The normalized spacial score (nSPS) is 10.8. The first-order valence-electron chi connectivity index (χ1n) is 8.44. The van der Waals surface area contributed by atoms with Crippen molar-refractivity contribution in [2.45, 2.75) is 20.3 Å². The number of para-hydroxylation sites is 1. The summed E-state index contributed by atoms with van der Waals surface area (Å²) in [6.07, 6.45) is 0.334. The fourth-order valence-electron chi connectivity index (χ4n) is 3.13. The van der Waals surface area contributed by atoms with E-state index in [0.717, 1.165) is 11.1 Å². The molecule has 0 aliphatic rings. The van der Waals surface area contributed by atoms with Crippen LogP contribution in [0.15, 0.2) is 45.6 Å².